The van der Waals surface area contributed by atoms with Crippen LogP contribution in [0.15, 0.2) is 40.5 Å². The van der Waals surface area contributed by atoms with Gasteiger partial charge in [-0.25, -0.2) is 4.94 Å². The number of piperazine rings is 1. The van der Waals surface area contributed by atoms with Crippen molar-refractivity contribution in [1.82, 2.24) is 20.3 Å². The maximum atomic E-state index is 5.99. The van der Waals surface area contributed by atoms with Crippen LogP contribution < -0.4 is 11.2 Å². The number of piperidine rings is 1. The van der Waals surface area contributed by atoms with Gasteiger partial charge in [-0.05, 0) is 92.3 Å². The quantitative estimate of drug-likeness (QED) is 0.472. The molecule has 1 unspecified atom stereocenters. The Morgan fingerprint density at radius 3 is 2.59 bits per heavy atom. The fourth-order valence-electron chi connectivity index (χ4n) is 5.11. The molecule has 0 bridgehead atoms. The highest BCUT2D eigenvalue weighted by Gasteiger charge is 2.30. The number of hydroxylamine groups is 3. The maximum absolute atomic E-state index is 5.99. The summed E-state index contributed by atoms with van der Waals surface area (Å²) in [5.74, 6) is 0. The number of hydrogen-bond acceptors (Lipinski definition) is 6. The average Bonchev–Trinajstić information content (AvgIpc) is 2.98. The van der Waals surface area contributed by atoms with Gasteiger partial charge in [-0.1, -0.05) is 29.3 Å². The first kappa shape index (κ1) is 23.9. The number of nitrogens with two attached hydrogens (primary N) is 1. The molecule has 0 radical (unpaired) electrons. The van der Waals surface area contributed by atoms with E-state index in [4.69, 9.17) is 10.7 Å². The van der Waals surface area contributed by atoms with Crippen LogP contribution in [0.2, 0.25) is 0 Å². The van der Waals surface area contributed by atoms with Gasteiger partial charge in [-0.2, -0.15) is 10.5 Å². The van der Waals surface area contributed by atoms with E-state index in [-0.39, 0.29) is 0 Å². The average molecular weight is 505 g/mol. The molecule has 7 heteroatoms. The van der Waals surface area contributed by atoms with E-state index in [2.05, 4.69) is 74.5 Å². The minimum absolute atomic E-state index is 0.404. The van der Waals surface area contributed by atoms with Gasteiger partial charge in [0.25, 0.3) is 0 Å². The van der Waals surface area contributed by atoms with Crippen molar-refractivity contribution in [2.24, 2.45) is 5.73 Å². The third kappa shape index (κ3) is 6.22. The van der Waals surface area contributed by atoms with Gasteiger partial charge in [-0.15, -0.1) is 0 Å². The molecule has 0 saturated carbocycles. The lowest BCUT2D eigenvalue weighted by molar-refractivity contribution is -0.236. The second kappa shape index (κ2) is 11.3. The summed E-state index contributed by atoms with van der Waals surface area (Å²) in [5.41, 5.74) is 14.8. The third-order valence-electron chi connectivity index (χ3n) is 7.11. The standard InChI is InChI=1S/C25H38BrN5O/c1-19-3-6-24-21(15-19)5-4-20(16-22(26)18-27)17-25(24)30-11-13-31(14-12-30)32-28-23-7-9-29(2)10-8-23/h3,6,15-16,18,23,25,28H,4-5,7-14,17,27H2,1-2H3/b20-16-,22-18+. The van der Waals surface area contributed by atoms with Gasteiger partial charge in [0.05, 0.1) is 0 Å². The van der Waals surface area contributed by atoms with Crippen molar-refractivity contribution < 1.29 is 4.94 Å². The molecular formula is C25H38BrN5O. The fraction of sp³-hybridized carbons (Fsp3) is 0.600. The summed E-state index contributed by atoms with van der Waals surface area (Å²) in [7, 11) is 2.19. The summed E-state index contributed by atoms with van der Waals surface area (Å²) in [4.78, 5) is 11.0. The molecule has 1 aliphatic carbocycles. The molecule has 2 heterocycles. The summed E-state index contributed by atoms with van der Waals surface area (Å²) in [6.07, 6.45) is 9.38. The summed E-state index contributed by atoms with van der Waals surface area (Å²) < 4.78 is 0.964. The van der Waals surface area contributed by atoms with Crippen LogP contribution in [0.3, 0.4) is 0 Å². The zero-order valence-corrected chi connectivity index (χ0v) is 21.1. The van der Waals surface area contributed by atoms with E-state index in [0.717, 1.165) is 75.9 Å². The zero-order chi connectivity index (χ0) is 22.5. The van der Waals surface area contributed by atoms with Gasteiger partial charge in [-0.3, -0.25) is 4.90 Å². The summed E-state index contributed by atoms with van der Waals surface area (Å²) in [6.45, 7) is 8.33. The predicted molar refractivity (Wildman–Crippen MR) is 134 cm³/mol. The topological polar surface area (TPSA) is 57.0 Å². The lowest BCUT2D eigenvalue weighted by Gasteiger charge is -2.39. The second-order valence-electron chi connectivity index (χ2n) is 9.53. The van der Waals surface area contributed by atoms with Gasteiger partial charge in [0.15, 0.2) is 0 Å². The predicted octanol–water partition coefficient (Wildman–Crippen LogP) is 3.64. The van der Waals surface area contributed by atoms with Crippen LogP contribution >= 0.6 is 15.9 Å². The van der Waals surface area contributed by atoms with E-state index in [1.807, 2.05) is 0 Å². The fourth-order valence-corrected chi connectivity index (χ4v) is 5.44. The number of likely N-dealkylation sites (tertiary alicyclic amines) is 1. The molecule has 176 valence electrons. The SMILES string of the molecule is Cc1ccc2c(c1)CC/C(=C/C(Br)=C\N)CC2N1CCN(ONC2CCN(C)CC2)CC1. The van der Waals surface area contributed by atoms with Gasteiger partial charge < -0.3 is 10.6 Å². The number of nitrogens with zero attached hydrogens (tertiary/aromatic N) is 3. The smallest absolute Gasteiger partial charge is 0.0389 e. The van der Waals surface area contributed by atoms with Crippen molar-refractivity contribution in [3.63, 3.8) is 0 Å². The number of halogens is 1. The molecule has 2 aliphatic heterocycles. The van der Waals surface area contributed by atoms with E-state index in [1.54, 1.807) is 6.20 Å². The monoisotopic (exact) mass is 503 g/mol. The van der Waals surface area contributed by atoms with Crippen molar-refractivity contribution in [3.05, 3.63) is 57.2 Å². The molecule has 0 aromatic heterocycles. The largest absolute Gasteiger partial charge is 0.404 e. The molecule has 1 atom stereocenters. The van der Waals surface area contributed by atoms with Gasteiger partial charge in [0.1, 0.15) is 0 Å². The Labute approximate surface area is 201 Å². The number of aryl methyl sites for hydroxylation is 2. The molecular weight excluding hydrogens is 466 g/mol. The Balaban J connectivity index is 1.39. The molecule has 32 heavy (non-hydrogen) atoms. The van der Waals surface area contributed by atoms with Crippen LogP contribution in [-0.4, -0.2) is 67.2 Å². The minimum Gasteiger partial charge on any atom is -0.404 e. The Hall–Kier alpha value is -1.22. The molecule has 1 aromatic carbocycles. The first-order valence-corrected chi connectivity index (χ1v) is 12.8. The van der Waals surface area contributed by atoms with E-state index in [9.17, 15) is 0 Å². The lowest BCUT2D eigenvalue weighted by Crippen LogP contribution is -2.51. The Bertz CT molecular complexity index is 826. The van der Waals surface area contributed by atoms with Gasteiger partial charge >= 0.3 is 0 Å². The van der Waals surface area contributed by atoms with E-state index >= 15 is 0 Å². The van der Waals surface area contributed by atoms with Crippen molar-refractivity contribution in [3.8, 4) is 0 Å². The van der Waals surface area contributed by atoms with E-state index in [1.165, 1.54) is 22.3 Å². The number of benzene rings is 1. The molecule has 2 saturated heterocycles. The first-order valence-electron chi connectivity index (χ1n) is 12.0. The molecule has 4 rings (SSSR count). The van der Waals surface area contributed by atoms with E-state index < -0.39 is 0 Å². The second-order valence-corrected chi connectivity index (χ2v) is 10.4. The highest BCUT2D eigenvalue weighted by atomic mass is 79.9. The number of nitrogens with one attached hydrogen (secondary N) is 1. The molecule has 0 spiro atoms. The van der Waals surface area contributed by atoms with Crippen molar-refractivity contribution in [2.45, 2.75) is 51.1 Å². The van der Waals surface area contributed by atoms with Crippen molar-refractivity contribution in [1.29, 1.82) is 0 Å². The Morgan fingerprint density at radius 1 is 1.12 bits per heavy atom. The Kier molecular flexibility index (Phi) is 8.43. The molecule has 1 aromatic rings. The normalized spacial score (nSPS) is 26.3. The van der Waals surface area contributed by atoms with E-state index in [0.29, 0.717) is 12.1 Å². The van der Waals surface area contributed by atoms with Crippen LogP contribution in [-0.2, 0) is 11.4 Å². The third-order valence-corrected chi connectivity index (χ3v) is 7.60. The van der Waals surface area contributed by atoms with Crippen LogP contribution in [0.5, 0.6) is 0 Å². The highest BCUT2D eigenvalue weighted by Crippen LogP contribution is 2.37. The molecule has 0 amide bonds. The molecule has 3 aliphatic rings. The van der Waals surface area contributed by atoms with Crippen LogP contribution in [0.25, 0.3) is 0 Å². The molecule has 6 nitrogen and oxygen atoms in total. The number of allylic oxidation sites excluding steroid dienone is 2. The van der Waals surface area contributed by atoms with Crippen LogP contribution in [0.4, 0.5) is 0 Å². The number of hydrogen-bond donors (Lipinski definition) is 2. The number of fused-ring (bicyclic) bond motifs is 1. The minimum atomic E-state index is 0.404. The summed E-state index contributed by atoms with van der Waals surface area (Å²) >= 11 is 3.57. The van der Waals surface area contributed by atoms with Crippen molar-refractivity contribution in [2.75, 3.05) is 46.3 Å². The summed E-state index contributed by atoms with van der Waals surface area (Å²) in [5, 5.41) is 2.10. The zero-order valence-electron chi connectivity index (χ0n) is 19.5. The first-order chi connectivity index (χ1) is 15.5. The van der Waals surface area contributed by atoms with Crippen LogP contribution in [0.1, 0.15) is 48.4 Å². The molecule has 3 N–H and O–H groups in total. The maximum Gasteiger partial charge on any atom is 0.0389 e. The Morgan fingerprint density at radius 2 is 1.88 bits per heavy atom. The van der Waals surface area contributed by atoms with Gasteiger partial charge in [0, 0.05) is 48.9 Å². The van der Waals surface area contributed by atoms with Crippen LogP contribution in [0, 0.1) is 6.92 Å². The van der Waals surface area contributed by atoms with Crippen molar-refractivity contribution >= 4 is 15.9 Å². The van der Waals surface area contributed by atoms with Gasteiger partial charge in [0.2, 0.25) is 0 Å². The summed E-state index contributed by atoms with van der Waals surface area (Å²) in [6, 6.07) is 7.87. The highest BCUT2D eigenvalue weighted by molar-refractivity contribution is 9.11. The molecule has 2 fully saturated rings. The number of rotatable bonds is 5. The lowest BCUT2D eigenvalue weighted by atomic mass is 9.95.